The maximum Gasteiger partial charge on any atom is 0.416 e. The van der Waals surface area contributed by atoms with Crippen LogP contribution in [0.3, 0.4) is 0 Å². The standard InChI is InChI=1S/C13H10N2O2/c16-13(17)15-11-7-3-1-5-9(11)14-10-6-2-4-8-12(10)15/h1-8,14H,(H,16,17). The van der Waals surface area contributed by atoms with Gasteiger partial charge >= 0.3 is 6.09 Å². The fourth-order valence-electron chi connectivity index (χ4n) is 2.03. The summed E-state index contributed by atoms with van der Waals surface area (Å²) in [5.41, 5.74) is 2.90. The van der Waals surface area contributed by atoms with Crippen molar-refractivity contribution in [2.24, 2.45) is 0 Å². The van der Waals surface area contributed by atoms with Crippen LogP contribution >= 0.6 is 0 Å². The Morgan fingerprint density at radius 1 is 0.941 bits per heavy atom. The quantitative estimate of drug-likeness (QED) is 0.722. The van der Waals surface area contributed by atoms with Crippen molar-refractivity contribution in [3.8, 4) is 0 Å². The summed E-state index contributed by atoms with van der Waals surface area (Å²) < 4.78 is 0. The maximum absolute atomic E-state index is 11.4. The summed E-state index contributed by atoms with van der Waals surface area (Å²) in [5.74, 6) is 0. The minimum absolute atomic E-state index is 0.652. The Bertz CT molecular complexity index is 550. The Labute approximate surface area is 98.1 Å². The summed E-state index contributed by atoms with van der Waals surface area (Å²) in [5, 5.41) is 12.6. The third-order valence-corrected chi connectivity index (χ3v) is 2.75. The Balaban J connectivity index is 2.24. The van der Waals surface area contributed by atoms with Gasteiger partial charge in [0.25, 0.3) is 0 Å². The van der Waals surface area contributed by atoms with E-state index in [1.54, 1.807) is 12.1 Å². The molecule has 0 saturated carbocycles. The summed E-state index contributed by atoms with van der Waals surface area (Å²) in [6.07, 6.45) is -0.980. The van der Waals surface area contributed by atoms with Crippen LogP contribution in [0, 0.1) is 0 Å². The zero-order chi connectivity index (χ0) is 11.8. The Morgan fingerprint density at radius 3 is 1.88 bits per heavy atom. The molecule has 1 amide bonds. The van der Waals surface area contributed by atoms with Gasteiger partial charge in [0.1, 0.15) is 0 Å². The molecule has 0 fully saturated rings. The highest BCUT2D eigenvalue weighted by Crippen LogP contribution is 2.42. The van der Waals surface area contributed by atoms with E-state index >= 15 is 0 Å². The second-order valence-corrected chi connectivity index (χ2v) is 3.78. The normalized spacial score (nSPS) is 12.4. The lowest BCUT2D eigenvalue weighted by atomic mass is 10.1. The number of rotatable bonds is 0. The molecular formula is C13H10N2O2. The summed E-state index contributed by atoms with van der Waals surface area (Å²) in [4.78, 5) is 12.7. The van der Waals surface area contributed by atoms with Crippen molar-refractivity contribution in [3.05, 3.63) is 48.5 Å². The fourth-order valence-corrected chi connectivity index (χ4v) is 2.03. The van der Waals surface area contributed by atoms with Crippen molar-refractivity contribution in [2.75, 3.05) is 10.2 Å². The van der Waals surface area contributed by atoms with Crippen LogP contribution in [0.15, 0.2) is 48.5 Å². The summed E-state index contributed by atoms with van der Waals surface area (Å²) in [7, 11) is 0. The zero-order valence-corrected chi connectivity index (χ0v) is 8.92. The van der Waals surface area contributed by atoms with Crippen LogP contribution in [-0.2, 0) is 0 Å². The number of carboxylic acid groups (broad SMARTS) is 1. The molecule has 0 spiro atoms. The first-order chi connectivity index (χ1) is 8.27. The number of carbonyl (C=O) groups is 1. The van der Waals surface area contributed by atoms with Gasteiger partial charge in [0.2, 0.25) is 0 Å². The second kappa shape index (κ2) is 3.52. The smallest absolute Gasteiger partial charge is 0.416 e. The van der Waals surface area contributed by atoms with E-state index in [4.69, 9.17) is 0 Å². The number of hydrogen-bond donors (Lipinski definition) is 2. The maximum atomic E-state index is 11.4. The van der Waals surface area contributed by atoms with E-state index in [1.165, 1.54) is 4.90 Å². The topological polar surface area (TPSA) is 52.6 Å². The van der Waals surface area contributed by atoms with Crippen molar-refractivity contribution < 1.29 is 9.90 Å². The van der Waals surface area contributed by atoms with Crippen LogP contribution in [0.4, 0.5) is 27.5 Å². The van der Waals surface area contributed by atoms with Gasteiger partial charge in [0, 0.05) is 0 Å². The van der Waals surface area contributed by atoms with Gasteiger partial charge in [-0.05, 0) is 24.3 Å². The van der Waals surface area contributed by atoms with Gasteiger partial charge in [-0.15, -0.1) is 0 Å². The Morgan fingerprint density at radius 2 is 1.41 bits per heavy atom. The predicted molar refractivity (Wildman–Crippen MR) is 66.3 cm³/mol. The molecule has 0 bridgehead atoms. The Kier molecular flexibility index (Phi) is 2.01. The Hall–Kier alpha value is -2.49. The molecule has 2 N–H and O–H groups in total. The van der Waals surface area contributed by atoms with Crippen molar-refractivity contribution in [1.82, 2.24) is 0 Å². The molecule has 2 aromatic rings. The largest absolute Gasteiger partial charge is 0.464 e. The van der Waals surface area contributed by atoms with E-state index in [-0.39, 0.29) is 0 Å². The molecule has 0 aliphatic carbocycles. The highest BCUT2D eigenvalue weighted by Gasteiger charge is 2.26. The number of anilines is 4. The SMILES string of the molecule is O=C(O)N1c2ccccc2Nc2ccccc21. The molecule has 1 aliphatic rings. The van der Waals surface area contributed by atoms with Crippen LogP contribution in [-0.4, -0.2) is 11.2 Å². The van der Waals surface area contributed by atoms with E-state index in [1.807, 2.05) is 36.4 Å². The monoisotopic (exact) mass is 226 g/mol. The number of nitrogens with zero attached hydrogens (tertiary/aromatic N) is 1. The number of fused-ring (bicyclic) bond motifs is 2. The van der Waals surface area contributed by atoms with Crippen LogP contribution in [0.5, 0.6) is 0 Å². The molecule has 1 aliphatic heterocycles. The first kappa shape index (κ1) is 9.72. The molecule has 17 heavy (non-hydrogen) atoms. The lowest BCUT2D eigenvalue weighted by Crippen LogP contribution is -2.27. The van der Waals surface area contributed by atoms with Crippen molar-refractivity contribution in [3.63, 3.8) is 0 Å². The van der Waals surface area contributed by atoms with E-state index in [2.05, 4.69) is 5.32 Å². The molecule has 0 atom stereocenters. The number of hydrogen-bond acceptors (Lipinski definition) is 2. The second-order valence-electron chi connectivity index (χ2n) is 3.78. The number of amides is 1. The summed E-state index contributed by atoms with van der Waals surface area (Å²) in [6, 6.07) is 14.7. The van der Waals surface area contributed by atoms with Gasteiger partial charge in [0.15, 0.2) is 0 Å². The molecule has 0 aromatic heterocycles. The average molecular weight is 226 g/mol. The highest BCUT2D eigenvalue weighted by atomic mass is 16.4. The number of benzene rings is 2. The zero-order valence-electron chi connectivity index (χ0n) is 8.92. The van der Waals surface area contributed by atoms with Crippen LogP contribution in [0.25, 0.3) is 0 Å². The van der Waals surface area contributed by atoms with Gasteiger partial charge < -0.3 is 10.4 Å². The molecule has 0 unspecified atom stereocenters. The average Bonchev–Trinajstić information content (AvgIpc) is 2.35. The van der Waals surface area contributed by atoms with Gasteiger partial charge in [0.05, 0.1) is 22.7 Å². The van der Waals surface area contributed by atoms with Crippen LogP contribution in [0.2, 0.25) is 0 Å². The fraction of sp³-hybridized carbons (Fsp3) is 0. The highest BCUT2D eigenvalue weighted by molar-refractivity contribution is 6.05. The molecule has 84 valence electrons. The molecule has 4 heteroatoms. The van der Waals surface area contributed by atoms with Crippen molar-refractivity contribution in [2.45, 2.75) is 0 Å². The minimum Gasteiger partial charge on any atom is -0.464 e. The van der Waals surface area contributed by atoms with Gasteiger partial charge in [-0.25, -0.2) is 9.69 Å². The molecule has 0 saturated heterocycles. The molecule has 3 rings (SSSR count). The van der Waals surface area contributed by atoms with E-state index < -0.39 is 6.09 Å². The lowest BCUT2D eigenvalue weighted by Gasteiger charge is -2.29. The van der Waals surface area contributed by atoms with Gasteiger partial charge in [-0.1, -0.05) is 24.3 Å². The number of nitrogens with one attached hydrogen (secondary N) is 1. The first-order valence-electron chi connectivity index (χ1n) is 5.25. The predicted octanol–water partition coefficient (Wildman–Crippen LogP) is 3.56. The third-order valence-electron chi connectivity index (χ3n) is 2.75. The van der Waals surface area contributed by atoms with Crippen molar-refractivity contribution >= 4 is 28.8 Å². The molecule has 0 radical (unpaired) electrons. The lowest BCUT2D eigenvalue weighted by molar-refractivity contribution is 0.205. The molecular weight excluding hydrogens is 216 g/mol. The van der Waals surface area contributed by atoms with Crippen LogP contribution in [0.1, 0.15) is 0 Å². The van der Waals surface area contributed by atoms with E-state index in [0.29, 0.717) is 11.4 Å². The summed E-state index contributed by atoms with van der Waals surface area (Å²) >= 11 is 0. The van der Waals surface area contributed by atoms with E-state index in [0.717, 1.165) is 11.4 Å². The van der Waals surface area contributed by atoms with Gasteiger partial charge in [-0.2, -0.15) is 0 Å². The number of para-hydroxylation sites is 4. The third kappa shape index (κ3) is 1.42. The summed E-state index contributed by atoms with van der Waals surface area (Å²) in [6.45, 7) is 0. The molecule has 1 heterocycles. The molecule has 2 aromatic carbocycles. The minimum atomic E-state index is -0.980. The molecule has 4 nitrogen and oxygen atoms in total. The van der Waals surface area contributed by atoms with Crippen molar-refractivity contribution in [1.29, 1.82) is 0 Å². The van der Waals surface area contributed by atoms with E-state index in [9.17, 15) is 9.90 Å². The van der Waals surface area contributed by atoms with Crippen LogP contribution < -0.4 is 10.2 Å². The first-order valence-corrected chi connectivity index (χ1v) is 5.25. The van der Waals surface area contributed by atoms with Gasteiger partial charge in [-0.3, -0.25) is 0 Å².